The lowest BCUT2D eigenvalue weighted by molar-refractivity contribution is 0.0176. The summed E-state index contributed by atoms with van der Waals surface area (Å²) in [7, 11) is 0. The lowest BCUT2D eigenvalue weighted by atomic mass is 10.1. The summed E-state index contributed by atoms with van der Waals surface area (Å²) in [5.74, 6) is -2.79. The Hall–Kier alpha value is -1.45. The van der Waals surface area contributed by atoms with Gasteiger partial charge >= 0.3 is 0 Å². The van der Waals surface area contributed by atoms with E-state index in [-0.39, 0.29) is 5.56 Å². The molecule has 68 valence electrons. The zero-order chi connectivity index (χ0) is 9.47. The molecule has 0 radical (unpaired) electrons. The summed E-state index contributed by atoms with van der Waals surface area (Å²) in [5.41, 5.74) is 1.34. The van der Waals surface area contributed by atoms with Gasteiger partial charge in [-0.05, 0) is 12.1 Å². The fourth-order valence-electron chi connectivity index (χ4n) is 1.21. The molecular weight excluding hydrogens is 174 g/mol. The van der Waals surface area contributed by atoms with Crippen molar-refractivity contribution in [3.05, 3.63) is 30.1 Å². The SMILES string of the molecule is CC(F)(F)c1ccc2nc[nH]c2c1. The van der Waals surface area contributed by atoms with Crippen LogP contribution in [0.25, 0.3) is 11.0 Å². The average Bonchev–Trinajstić information content (AvgIpc) is 2.47. The summed E-state index contributed by atoms with van der Waals surface area (Å²) in [6.45, 7) is 0.879. The first kappa shape index (κ1) is 8.16. The summed E-state index contributed by atoms with van der Waals surface area (Å²) in [5, 5.41) is 0. The summed E-state index contributed by atoms with van der Waals surface area (Å²) in [6, 6.07) is 4.39. The minimum atomic E-state index is -2.79. The van der Waals surface area contributed by atoms with E-state index in [1.165, 1.54) is 18.5 Å². The average molecular weight is 182 g/mol. The van der Waals surface area contributed by atoms with Crippen LogP contribution in [0.5, 0.6) is 0 Å². The van der Waals surface area contributed by atoms with Gasteiger partial charge < -0.3 is 4.98 Å². The Balaban J connectivity index is 2.61. The number of H-pyrrole nitrogens is 1. The third kappa shape index (κ3) is 1.39. The maximum Gasteiger partial charge on any atom is 0.270 e. The summed E-state index contributed by atoms with van der Waals surface area (Å²) >= 11 is 0. The molecule has 0 aliphatic rings. The van der Waals surface area contributed by atoms with Crippen LogP contribution in [0.1, 0.15) is 12.5 Å². The summed E-state index contributed by atoms with van der Waals surface area (Å²) < 4.78 is 25.7. The molecule has 0 aliphatic heterocycles. The van der Waals surface area contributed by atoms with Crippen LogP contribution < -0.4 is 0 Å². The van der Waals surface area contributed by atoms with Crippen LogP contribution in [0.2, 0.25) is 0 Å². The number of nitrogens with zero attached hydrogens (tertiary/aromatic N) is 1. The monoisotopic (exact) mass is 182 g/mol. The maximum absolute atomic E-state index is 12.9. The Morgan fingerprint density at radius 3 is 2.85 bits per heavy atom. The van der Waals surface area contributed by atoms with Gasteiger partial charge in [0.05, 0.1) is 17.4 Å². The summed E-state index contributed by atoms with van der Waals surface area (Å²) in [4.78, 5) is 6.73. The van der Waals surface area contributed by atoms with Gasteiger partial charge in [0.25, 0.3) is 5.92 Å². The number of hydrogen-bond acceptors (Lipinski definition) is 1. The van der Waals surface area contributed by atoms with Crippen molar-refractivity contribution in [3.8, 4) is 0 Å². The first-order valence-corrected chi connectivity index (χ1v) is 3.89. The second kappa shape index (κ2) is 2.52. The van der Waals surface area contributed by atoms with Crippen LogP contribution in [0.15, 0.2) is 24.5 Å². The van der Waals surface area contributed by atoms with Gasteiger partial charge in [-0.3, -0.25) is 0 Å². The minimum Gasteiger partial charge on any atom is -0.345 e. The molecular formula is C9H8F2N2. The maximum atomic E-state index is 12.9. The van der Waals surface area contributed by atoms with E-state index in [0.29, 0.717) is 11.0 Å². The molecule has 0 spiro atoms. The highest BCUT2D eigenvalue weighted by molar-refractivity contribution is 5.75. The number of fused-ring (bicyclic) bond motifs is 1. The van der Waals surface area contributed by atoms with Crippen LogP contribution in [0.4, 0.5) is 8.78 Å². The molecule has 0 unspecified atom stereocenters. The highest BCUT2D eigenvalue weighted by Gasteiger charge is 2.24. The van der Waals surface area contributed by atoms with Crippen LogP contribution in [-0.2, 0) is 5.92 Å². The smallest absolute Gasteiger partial charge is 0.270 e. The third-order valence-corrected chi connectivity index (χ3v) is 1.93. The number of aromatic nitrogens is 2. The number of nitrogens with one attached hydrogen (secondary N) is 1. The van der Waals surface area contributed by atoms with Crippen LogP contribution in [0, 0.1) is 0 Å². The molecule has 2 nitrogen and oxygen atoms in total. The molecule has 1 heterocycles. The van der Waals surface area contributed by atoms with Crippen molar-refractivity contribution in [1.82, 2.24) is 9.97 Å². The third-order valence-electron chi connectivity index (χ3n) is 1.93. The highest BCUT2D eigenvalue weighted by atomic mass is 19.3. The predicted octanol–water partition coefficient (Wildman–Crippen LogP) is 2.67. The number of benzene rings is 1. The van der Waals surface area contributed by atoms with E-state index >= 15 is 0 Å². The van der Waals surface area contributed by atoms with Crippen molar-refractivity contribution in [2.24, 2.45) is 0 Å². The number of halogens is 2. The molecule has 0 bridgehead atoms. The Kier molecular flexibility index (Phi) is 1.58. The zero-order valence-corrected chi connectivity index (χ0v) is 7.01. The molecule has 4 heteroatoms. The van der Waals surface area contributed by atoms with Crippen LogP contribution in [0.3, 0.4) is 0 Å². The molecule has 1 N–H and O–H groups in total. The molecule has 0 aliphatic carbocycles. The van der Waals surface area contributed by atoms with Crippen LogP contribution in [-0.4, -0.2) is 9.97 Å². The van der Waals surface area contributed by atoms with Gasteiger partial charge in [-0.15, -0.1) is 0 Å². The largest absolute Gasteiger partial charge is 0.345 e. The fourth-order valence-corrected chi connectivity index (χ4v) is 1.21. The van der Waals surface area contributed by atoms with E-state index in [1.807, 2.05) is 0 Å². The predicted molar refractivity (Wildman–Crippen MR) is 45.7 cm³/mol. The number of aromatic amines is 1. The normalized spacial score (nSPS) is 12.2. The van der Waals surface area contributed by atoms with E-state index in [9.17, 15) is 8.78 Å². The molecule has 13 heavy (non-hydrogen) atoms. The van der Waals surface area contributed by atoms with Gasteiger partial charge in [0, 0.05) is 12.5 Å². The molecule has 2 rings (SSSR count). The van der Waals surface area contributed by atoms with E-state index in [4.69, 9.17) is 0 Å². The Labute approximate surface area is 73.6 Å². The van der Waals surface area contributed by atoms with Gasteiger partial charge in [-0.2, -0.15) is 0 Å². The lowest BCUT2D eigenvalue weighted by Gasteiger charge is -2.09. The Morgan fingerprint density at radius 2 is 2.15 bits per heavy atom. The quantitative estimate of drug-likeness (QED) is 0.721. The second-order valence-electron chi connectivity index (χ2n) is 3.02. The van der Waals surface area contributed by atoms with E-state index in [0.717, 1.165) is 6.92 Å². The zero-order valence-electron chi connectivity index (χ0n) is 7.01. The van der Waals surface area contributed by atoms with Crippen molar-refractivity contribution in [3.63, 3.8) is 0 Å². The fraction of sp³-hybridized carbons (Fsp3) is 0.222. The van der Waals surface area contributed by atoms with Gasteiger partial charge in [0.2, 0.25) is 0 Å². The van der Waals surface area contributed by atoms with E-state index < -0.39 is 5.92 Å². The molecule has 0 atom stereocenters. The van der Waals surface area contributed by atoms with Crippen molar-refractivity contribution < 1.29 is 8.78 Å². The number of imidazole rings is 1. The molecule has 0 fully saturated rings. The topological polar surface area (TPSA) is 28.7 Å². The van der Waals surface area contributed by atoms with Gasteiger partial charge in [-0.25, -0.2) is 13.8 Å². The van der Waals surface area contributed by atoms with Crippen molar-refractivity contribution >= 4 is 11.0 Å². The highest BCUT2D eigenvalue weighted by Crippen LogP contribution is 2.28. The standard InChI is InChI=1S/C9H8F2N2/c1-9(10,11)6-2-3-7-8(4-6)13-5-12-7/h2-5H,1H3,(H,12,13). The Bertz CT molecular complexity index is 428. The molecule has 1 aromatic carbocycles. The minimum absolute atomic E-state index is 0.00394. The van der Waals surface area contributed by atoms with Gasteiger partial charge in [0.15, 0.2) is 0 Å². The van der Waals surface area contributed by atoms with Crippen molar-refractivity contribution in [2.45, 2.75) is 12.8 Å². The molecule has 1 aromatic heterocycles. The molecule has 0 saturated heterocycles. The molecule has 0 saturated carbocycles. The number of rotatable bonds is 1. The second-order valence-corrected chi connectivity index (χ2v) is 3.02. The van der Waals surface area contributed by atoms with E-state index in [1.54, 1.807) is 6.07 Å². The Morgan fingerprint density at radius 1 is 1.38 bits per heavy atom. The summed E-state index contributed by atoms with van der Waals surface area (Å²) in [6.07, 6.45) is 1.49. The lowest BCUT2D eigenvalue weighted by Crippen LogP contribution is -2.06. The van der Waals surface area contributed by atoms with Gasteiger partial charge in [-0.1, -0.05) is 6.07 Å². The molecule has 2 aromatic rings. The first-order chi connectivity index (χ1) is 6.07. The van der Waals surface area contributed by atoms with Crippen LogP contribution >= 0.6 is 0 Å². The number of hydrogen-bond donors (Lipinski definition) is 1. The van der Waals surface area contributed by atoms with Gasteiger partial charge in [0.1, 0.15) is 0 Å². The van der Waals surface area contributed by atoms with Crippen molar-refractivity contribution in [2.75, 3.05) is 0 Å². The van der Waals surface area contributed by atoms with Crippen molar-refractivity contribution in [1.29, 1.82) is 0 Å². The number of alkyl halides is 2. The molecule has 0 amide bonds. The van der Waals surface area contributed by atoms with E-state index in [2.05, 4.69) is 9.97 Å². The first-order valence-electron chi connectivity index (χ1n) is 3.89.